The van der Waals surface area contributed by atoms with Crippen LogP contribution >= 0.6 is 0 Å². The molecular weight excluding hydrogens is 162 g/mol. The van der Waals surface area contributed by atoms with Crippen molar-refractivity contribution in [3.8, 4) is 0 Å². The third-order valence-electron chi connectivity index (χ3n) is 3.69. The van der Waals surface area contributed by atoms with Gasteiger partial charge in [-0.05, 0) is 36.5 Å². The monoisotopic (exact) mass is 180 g/mol. The molecule has 1 rings (SSSR count). The molecule has 0 N–H and O–H groups in total. The van der Waals surface area contributed by atoms with Crippen molar-refractivity contribution in [3.05, 3.63) is 6.42 Å². The first-order valence-electron chi connectivity index (χ1n) is 4.87. The van der Waals surface area contributed by atoms with Gasteiger partial charge in [0.25, 0.3) is 0 Å². The molecule has 1 saturated carbocycles. The van der Waals surface area contributed by atoms with Crippen LogP contribution in [0.1, 0.15) is 40.0 Å². The maximum atomic E-state index is 10.1. The van der Waals surface area contributed by atoms with Gasteiger partial charge in [0.1, 0.15) is 0 Å². The minimum absolute atomic E-state index is 0.142. The third-order valence-corrected chi connectivity index (χ3v) is 3.69. The number of nitrogens with zero attached hydrogens (tertiary/aromatic N) is 1. The lowest BCUT2D eigenvalue weighted by Crippen LogP contribution is -2.40. The fourth-order valence-electron chi connectivity index (χ4n) is 1.95. The third kappa shape index (κ3) is 2.00. The summed E-state index contributed by atoms with van der Waals surface area (Å²) in [6, 6.07) is 0. The van der Waals surface area contributed by atoms with Crippen LogP contribution in [-0.2, 0) is 4.79 Å². The van der Waals surface area contributed by atoms with Crippen LogP contribution in [0.4, 0.5) is 0 Å². The predicted molar refractivity (Wildman–Crippen MR) is 53.0 cm³/mol. The lowest BCUT2D eigenvalue weighted by Gasteiger charge is -2.47. The number of isocyanates is 1. The highest BCUT2D eigenvalue weighted by molar-refractivity contribution is 5.33. The number of hydrogen-bond acceptors (Lipinski definition) is 2. The molecule has 2 nitrogen and oxygen atoms in total. The first kappa shape index (κ1) is 10.5. The molecule has 0 amide bonds. The van der Waals surface area contributed by atoms with Crippen molar-refractivity contribution >= 4 is 6.08 Å². The Morgan fingerprint density at radius 2 is 2.15 bits per heavy atom. The van der Waals surface area contributed by atoms with Crippen molar-refractivity contribution in [2.45, 2.75) is 40.0 Å². The molecule has 0 spiro atoms. The SMILES string of the molecule is CC1(C)CC[CH]CC1(C)CN=C=O. The number of carbonyl (C=O) groups excluding carboxylic acids is 1. The summed E-state index contributed by atoms with van der Waals surface area (Å²) in [5.41, 5.74) is 0.421. The molecule has 1 unspecified atom stereocenters. The Labute approximate surface area is 80.4 Å². The predicted octanol–water partition coefficient (Wildman–Crippen LogP) is 2.74. The topological polar surface area (TPSA) is 29.4 Å². The van der Waals surface area contributed by atoms with E-state index in [2.05, 4.69) is 32.2 Å². The van der Waals surface area contributed by atoms with E-state index < -0.39 is 0 Å². The molecule has 0 aromatic carbocycles. The largest absolute Gasteiger partial charge is 0.234 e. The molecule has 1 atom stereocenters. The van der Waals surface area contributed by atoms with Gasteiger partial charge in [0.2, 0.25) is 6.08 Å². The highest BCUT2D eigenvalue weighted by Gasteiger charge is 2.42. The average Bonchev–Trinajstić information content (AvgIpc) is 2.07. The summed E-state index contributed by atoms with van der Waals surface area (Å²) in [4.78, 5) is 13.8. The zero-order chi connectivity index (χ0) is 9.95. The van der Waals surface area contributed by atoms with Gasteiger partial charge in [-0.1, -0.05) is 20.8 Å². The summed E-state index contributed by atoms with van der Waals surface area (Å²) in [6.45, 7) is 7.35. The Hall–Kier alpha value is -0.620. The Balaban J connectivity index is 2.77. The van der Waals surface area contributed by atoms with Crippen molar-refractivity contribution in [3.63, 3.8) is 0 Å². The molecule has 0 heterocycles. The molecule has 1 aliphatic carbocycles. The van der Waals surface area contributed by atoms with Crippen LogP contribution in [0.3, 0.4) is 0 Å². The Morgan fingerprint density at radius 1 is 1.46 bits per heavy atom. The lowest BCUT2D eigenvalue weighted by molar-refractivity contribution is 0.0639. The molecule has 0 saturated heterocycles. The van der Waals surface area contributed by atoms with Gasteiger partial charge >= 0.3 is 0 Å². The molecule has 0 aliphatic heterocycles. The van der Waals surface area contributed by atoms with E-state index in [-0.39, 0.29) is 10.8 Å². The van der Waals surface area contributed by atoms with E-state index in [9.17, 15) is 4.79 Å². The van der Waals surface area contributed by atoms with Gasteiger partial charge in [-0.2, -0.15) is 0 Å². The molecule has 0 aromatic rings. The van der Waals surface area contributed by atoms with Crippen LogP contribution in [-0.4, -0.2) is 12.6 Å². The van der Waals surface area contributed by atoms with Gasteiger partial charge in [0.05, 0.1) is 6.54 Å². The van der Waals surface area contributed by atoms with E-state index in [4.69, 9.17) is 0 Å². The van der Waals surface area contributed by atoms with Gasteiger partial charge in [-0.25, -0.2) is 9.79 Å². The molecule has 13 heavy (non-hydrogen) atoms. The van der Waals surface area contributed by atoms with Gasteiger partial charge in [0.15, 0.2) is 0 Å². The Kier molecular flexibility index (Phi) is 2.92. The minimum atomic E-state index is 0.142. The van der Waals surface area contributed by atoms with Crippen molar-refractivity contribution < 1.29 is 4.79 Å². The minimum Gasteiger partial charge on any atom is -0.211 e. The van der Waals surface area contributed by atoms with Crippen molar-refractivity contribution in [1.82, 2.24) is 0 Å². The average molecular weight is 180 g/mol. The highest BCUT2D eigenvalue weighted by atomic mass is 16.1. The van der Waals surface area contributed by atoms with Crippen LogP contribution < -0.4 is 0 Å². The van der Waals surface area contributed by atoms with Gasteiger partial charge in [-0.3, -0.25) is 0 Å². The second-order valence-corrected chi connectivity index (χ2v) is 4.88. The van der Waals surface area contributed by atoms with Crippen LogP contribution in [0.25, 0.3) is 0 Å². The summed E-state index contributed by atoms with van der Waals surface area (Å²) in [5.74, 6) is 0. The van der Waals surface area contributed by atoms with Crippen LogP contribution in [0.2, 0.25) is 0 Å². The quantitative estimate of drug-likeness (QED) is 0.474. The molecular formula is C11H18NO. The van der Waals surface area contributed by atoms with E-state index in [1.54, 1.807) is 6.08 Å². The standard InChI is InChI=1S/C11H18NO/c1-10(2)6-4-5-7-11(10,3)8-12-9-13/h5H,4,6-8H2,1-3H3. The van der Waals surface area contributed by atoms with Crippen molar-refractivity contribution in [1.29, 1.82) is 0 Å². The van der Waals surface area contributed by atoms with Gasteiger partial charge in [0, 0.05) is 0 Å². The lowest BCUT2D eigenvalue weighted by atomic mass is 9.59. The number of aliphatic imine (C=N–C) groups is 1. The number of rotatable bonds is 2. The molecule has 0 bridgehead atoms. The van der Waals surface area contributed by atoms with E-state index in [0.717, 1.165) is 6.42 Å². The van der Waals surface area contributed by atoms with E-state index in [1.165, 1.54) is 12.8 Å². The molecule has 73 valence electrons. The summed E-state index contributed by atoms with van der Waals surface area (Å²) in [5, 5.41) is 0. The van der Waals surface area contributed by atoms with Gasteiger partial charge in [-0.15, -0.1) is 0 Å². The summed E-state index contributed by atoms with van der Waals surface area (Å²) < 4.78 is 0. The molecule has 1 radical (unpaired) electrons. The summed E-state index contributed by atoms with van der Waals surface area (Å²) in [6.07, 6.45) is 7.39. The van der Waals surface area contributed by atoms with E-state index in [1.807, 2.05) is 0 Å². The van der Waals surface area contributed by atoms with E-state index >= 15 is 0 Å². The molecule has 1 aliphatic rings. The smallest absolute Gasteiger partial charge is 0.211 e. The van der Waals surface area contributed by atoms with Gasteiger partial charge < -0.3 is 0 Å². The van der Waals surface area contributed by atoms with Crippen LogP contribution in [0.15, 0.2) is 4.99 Å². The fourth-order valence-corrected chi connectivity index (χ4v) is 1.95. The fraction of sp³-hybridized carbons (Fsp3) is 0.818. The Bertz CT molecular complexity index is 228. The van der Waals surface area contributed by atoms with Crippen LogP contribution in [0, 0.1) is 17.3 Å². The normalized spacial score (nSPS) is 32.2. The highest BCUT2D eigenvalue weighted by Crippen LogP contribution is 2.49. The summed E-state index contributed by atoms with van der Waals surface area (Å²) >= 11 is 0. The molecule has 2 heteroatoms. The van der Waals surface area contributed by atoms with Crippen molar-refractivity contribution in [2.24, 2.45) is 15.8 Å². The second kappa shape index (κ2) is 3.63. The summed E-state index contributed by atoms with van der Waals surface area (Å²) in [7, 11) is 0. The molecule has 1 fully saturated rings. The van der Waals surface area contributed by atoms with E-state index in [0.29, 0.717) is 6.54 Å². The molecule has 0 aromatic heterocycles. The zero-order valence-corrected chi connectivity index (χ0v) is 8.76. The first-order chi connectivity index (χ1) is 6.02. The second-order valence-electron chi connectivity index (χ2n) is 4.88. The Morgan fingerprint density at radius 3 is 2.69 bits per heavy atom. The number of hydrogen-bond donors (Lipinski definition) is 0. The maximum Gasteiger partial charge on any atom is 0.234 e. The maximum absolute atomic E-state index is 10.1. The van der Waals surface area contributed by atoms with Crippen LogP contribution in [0.5, 0.6) is 0 Å². The van der Waals surface area contributed by atoms with Crippen molar-refractivity contribution in [2.75, 3.05) is 6.54 Å². The first-order valence-corrected chi connectivity index (χ1v) is 4.87. The zero-order valence-electron chi connectivity index (χ0n) is 8.76.